The Morgan fingerprint density at radius 2 is 1.77 bits per heavy atom. The average Bonchev–Trinajstić information content (AvgIpc) is 2.05. The van der Waals surface area contributed by atoms with Gasteiger partial charge in [0, 0.05) is 18.4 Å². The lowest BCUT2D eigenvalue weighted by molar-refractivity contribution is -0.141. The summed E-state index contributed by atoms with van der Waals surface area (Å²) in [5.74, 6) is -2.69. The van der Waals surface area contributed by atoms with Gasteiger partial charge in [0.05, 0.1) is 0 Å². The summed E-state index contributed by atoms with van der Waals surface area (Å²) in [5, 5.41) is 8.57. The van der Waals surface area contributed by atoms with E-state index >= 15 is 0 Å². The Balaban J connectivity index is 2.64. The van der Waals surface area contributed by atoms with E-state index in [4.69, 9.17) is 5.11 Å². The molecule has 13 heavy (non-hydrogen) atoms. The van der Waals surface area contributed by atoms with Crippen molar-refractivity contribution in [1.29, 1.82) is 0 Å². The number of rotatable bonds is 3. The van der Waals surface area contributed by atoms with Gasteiger partial charge in [0.2, 0.25) is 0 Å². The standard InChI is InChI=1S/C10H18F2O/c1-9(5-3-2-4-6-9)10(11,12)7-8-13/h13H,2-8H2,1H3. The van der Waals surface area contributed by atoms with Gasteiger partial charge in [0.25, 0.3) is 5.92 Å². The highest BCUT2D eigenvalue weighted by molar-refractivity contribution is 4.90. The Kier molecular flexibility index (Phi) is 3.28. The Morgan fingerprint density at radius 3 is 2.23 bits per heavy atom. The van der Waals surface area contributed by atoms with E-state index in [1.54, 1.807) is 6.92 Å². The smallest absolute Gasteiger partial charge is 0.255 e. The zero-order chi connectivity index (χ0) is 9.95. The summed E-state index contributed by atoms with van der Waals surface area (Å²) in [7, 11) is 0. The molecule has 1 saturated carbocycles. The number of hydrogen-bond acceptors (Lipinski definition) is 1. The van der Waals surface area contributed by atoms with Crippen molar-refractivity contribution in [3.8, 4) is 0 Å². The van der Waals surface area contributed by atoms with Gasteiger partial charge >= 0.3 is 0 Å². The van der Waals surface area contributed by atoms with Crippen molar-refractivity contribution in [3.63, 3.8) is 0 Å². The molecule has 0 spiro atoms. The van der Waals surface area contributed by atoms with Crippen LogP contribution in [0.4, 0.5) is 8.78 Å². The van der Waals surface area contributed by atoms with Crippen LogP contribution >= 0.6 is 0 Å². The second-order valence-corrected chi connectivity index (χ2v) is 4.30. The first-order valence-electron chi connectivity index (χ1n) is 5.00. The lowest BCUT2D eigenvalue weighted by Gasteiger charge is -2.40. The monoisotopic (exact) mass is 192 g/mol. The molecule has 1 N–H and O–H groups in total. The number of halogens is 2. The van der Waals surface area contributed by atoms with Crippen molar-refractivity contribution in [2.45, 2.75) is 51.4 Å². The van der Waals surface area contributed by atoms with Gasteiger partial charge in [-0.1, -0.05) is 26.2 Å². The zero-order valence-electron chi connectivity index (χ0n) is 8.15. The van der Waals surface area contributed by atoms with Crippen molar-refractivity contribution in [1.82, 2.24) is 0 Å². The molecular weight excluding hydrogens is 174 g/mol. The van der Waals surface area contributed by atoms with Crippen LogP contribution in [0.25, 0.3) is 0 Å². The molecule has 0 radical (unpaired) electrons. The Morgan fingerprint density at radius 1 is 1.23 bits per heavy atom. The second kappa shape index (κ2) is 3.91. The fraction of sp³-hybridized carbons (Fsp3) is 1.00. The van der Waals surface area contributed by atoms with Crippen LogP contribution in [0.5, 0.6) is 0 Å². The molecule has 0 unspecified atom stereocenters. The fourth-order valence-electron chi connectivity index (χ4n) is 2.14. The lowest BCUT2D eigenvalue weighted by Crippen LogP contribution is -2.41. The van der Waals surface area contributed by atoms with E-state index in [2.05, 4.69) is 0 Å². The van der Waals surface area contributed by atoms with Crippen LogP contribution in [0.1, 0.15) is 45.4 Å². The molecule has 0 aliphatic heterocycles. The SMILES string of the molecule is CC1(C(F)(F)CCO)CCCCC1. The third kappa shape index (κ3) is 2.19. The predicted octanol–water partition coefficient (Wildman–Crippen LogP) is 2.97. The quantitative estimate of drug-likeness (QED) is 0.728. The van der Waals surface area contributed by atoms with Crippen molar-refractivity contribution in [2.24, 2.45) is 5.41 Å². The first-order chi connectivity index (χ1) is 6.02. The minimum absolute atomic E-state index is 0.385. The molecule has 1 aliphatic carbocycles. The van der Waals surface area contributed by atoms with E-state index < -0.39 is 17.9 Å². The fourth-order valence-corrected chi connectivity index (χ4v) is 2.14. The van der Waals surface area contributed by atoms with Crippen LogP contribution in [-0.4, -0.2) is 17.6 Å². The van der Waals surface area contributed by atoms with Crippen LogP contribution < -0.4 is 0 Å². The number of alkyl halides is 2. The van der Waals surface area contributed by atoms with Crippen molar-refractivity contribution in [3.05, 3.63) is 0 Å². The van der Waals surface area contributed by atoms with Crippen LogP contribution in [0.3, 0.4) is 0 Å². The van der Waals surface area contributed by atoms with Crippen molar-refractivity contribution >= 4 is 0 Å². The maximum absolute atomic E-state index is 13.5. The lowest BCUT2D eigenvalue weighted by atomic mass is 9.70. The molecular formula is C10H18F2O. The van der Waals surface area contributed by atoms with Gasteiger partial charge in [-0.05, 0) is 12.8 Å². The van der Waals surface area contributed by atoms with Gasteiger partial charge in [0.1, 0.15) is 0 Å². The molecule has 1 fully saturated rings. The molecule has 0 aromatic carbocycles. The summed E-state index contributed by atoms with van der Waals surface area (Å²) in [5.41, 5.74) is -0.867. The van der Waals surface area contributed by atoms with Gasteiger partial charge in [-0.3, -0.25) is 0 Å². The van der Waals surface area contributed by atoms with E-state index in [1.807, 2.05) is 0 Å². The molecule has 1 nitrogen and oxygen atoms in total. The molecule has 0 amide bonds. The van der Waals surface area contributed by atoms with Crippen molar-refractivity contribution in [2.75, 3.05) is 6.61 Å². The summed E-state index contributed by atoms with van der Waals surface area (Å²) in [4.78, 5) is 0. The summed E-state index contributed by atoms with van der Waals surface area (Å²) in [6, 6.07) is 0. The third-order valence-corrected chi connectivity index (χ3v) is 3.27. The molecule has 0 aromatic rings. The van der Waals surface area contributed by atoms with Gasteiger partial charge in [-0.15, -0.1) is 0 Å². The highest BCUT2D eigenvalue weighted by atomic mass is 19.3. The van der Waals surface area contributed by atoms with Gasteiger partial charge in [-0.2, -0.15) is 0 Å². The van der Waals surface area contributed by atoms with Crippen molar-refractivity contribution < 1.29 is 13.9 Å². The largest absolute Gasteiger partial charge is 0.396 e. The summed E-state index contributed by atoms with van der Waals surface area (Å²) >= 11 is 0. The number of aliphatic hydroxyl groups excluding tert-OH is 1. The highest BCUT2D eigenvalue weighted by Crippen LogP contribution is 2.49. The van der Waals surface area contributed by atoms with Crippen LogP contribution in [0.15, 0.2) is 0 Å². The number of aliphatic hydroxyl groups is 1. The van der Waals surface area contributed by atoms with E-state index in [1.165, 1.54) is 0 Å². The van der Waals surface area contributed by atoms with Gasteiger partial charge in [-0.25, -0.2) is 8.78 Å². The first kappa shape index (κ1) is 10.9. The van der Waals surface area contributed by atoms with Crippen LogP contribution in [0, 0.1) is 5.41 Å². The normalized spacial score (nSPS) is 23.1. The topological polar surface area (TPSA) is 20.2 Å². The predicted molar refractivity (Wildman–Crippen MR) is 47.8 cm³/mol. The first-order valence-corrected chi connectivity index (χ1v) is 5.00. The average molecular weight is 192 g/mol. The second-order valence-electron chi connectivity index (χ2n) is 4.30. The van der Waals surface area contributed by atoms with E-state index in [-0.39, 0.29) is 6.42 Å². The molecule has 0 aromatic heterocycles. The summed E-state index contributed by atoms with van der Waals surface area (Å²) in [6.07, 6.45) is 3.68. The Labute approximate surface area is 78.1 Å². The van der Waals surface area contributed by atoms with E-state index in [0.29, 0.717) is 12.8 Å². The minimum Gasteiger partial charge on any atom is -0.396 e. The summed E-state index contributed by atoms with van der Waals surface area (Å²) in [6.45, 7) is 1.24. The highest BCUT2D eigenvalue weighted by Gasteiger charge is 2.49. The molecule has 3 heteroatoms. The Hall–Kier alpha value is -0.180. The molecule has 0 heterocycles. The Bertz CT molecular complexity index is 162. The van der Waals surface area contributed by atoms with Crippen LogP contribution in [0.2, 0.25) is 0 Å². The molecule has 1 aliphatic rings. The molecule has 0 atom stereocenters. The third-order valence-electron chi connectivity index (χ3n) is 3.27. The minimum atomic E-state index is -2.69. The summed E-state index contributed by atoms with van der Waals surface area (Å²) < 4.78 is 27.1. The van der Waals surface area contributed by atoms with Crippen LogP contribution in [-0.2, 0) is 0 Å². The van der Waals surface area contributed by atoms with E-state index in [9.17, 15) is 8.78 Å². The van der Waals surface area contributed by atoms with E-state index in [0.717, 1.165) is 19.3 Å². The maximum Gasteiger partial charge on any atom is 0.255 e. The number of hydrogen-bond donors (Lipinski definition) is 1. The van der Waals surface area contributed by atoms with Gasteiger partial charge < -0.3 is 5.11 Å². The molecule has 0 bridgehead atoms. The van der Waals surface area contributed by atoms with Gasteiger partial charge in [0.15, 0.2) is 0 Å². The molecule has 78 valence electrons. The maximum atomic E-state index is 13.5. The molecule has 0 saturated heterocycles. The zero-order valence-corrected chi connectivity index (χ0v) is 8.15. The molecule has 1 rings (SSSR count).